The molecule has 0 spiro atoms. The van der Waals surface area contributed by atoms with Crippen LogP contribution < -0.4 is 0 Å². The van der Waals surface area contributed by atoms with E-state index in [1.165, 1.54) is 12.1 Å². The number of hydrogen-bond acceptors (Lipinski definition) is 6. The highest BCUT2D eigenvalue weighted by atomic mass is 35.5. The SMILES string of the molecule is CC(C)N(CC(=O)O)S(=O)(=O)c1ccc(Cl)c2nonc12. The number of rotatable bonds is 5. The van der Waals surface area contributed by atoms with E-state index < -0.39 is 28.6 Å². The fourth-order valence-electron chi connectivity index (χ4n) is 1.83. The summed E-state index contributed by atoms with van der Waals surface area (Å²) in [5.41, 5.74) is 0.0790. The van der Waals surface area contributed by atoms with Crippen LogP contribution in [0.2, 0.25) is 5.02 Å². The lowest BCUT2D eigenvalue weighted by molar-refractivity contribution is -0.137. The Morgan fingerprint density at radius 3 is 2.57 bits per heavy atom. The van der Waals surface area contributed by atoms with Gasteiger partial charge in [0.1, 0.15) is 11.4 Å². The van der Waals surface area contributed by atoms with E-state index in [1.54, 1.807) is 13.8 Å². The minimum Gasteiger partial charge on any atom is -0.480 e. The van der Waals surface area contributed by atoms with Gasteiger partial charge in [0.05, 0.1) is 5.02 Å². The molecule has 0 saturated carbocycles. The van der Waals surface area contributed by atoms with Gasteiger partial charge in [0, 0.05) is 6.04 Å². The average molecular weight is 334 g/mol. The number of sulfonamides is 1. The average Bonchev–Trinajstić information content (AvgIpc) is 2.85. The number of carboxylic acids is 1. The summed E-state index contributed by atoms with van der Waals surface area (Å²) < 4.78 is 30.7. The number of aliphatic carboxylic acids is 1. The van der Waals surface area contributed by atoms with Crippen molar-refractivity contribution in [1.29, 1.82) is 0 Å². The van der Waals surface area contributed by atoms with Gasteiger partial charge in [-0.25, -0.2) is 13.0 Å². The Bertz CT molecular complexity index is 786. The molecular formula is C11H12ClN3O5S. The van der Waals surface area contributed by atoms with Crippen LogP contribution in [0.5, 0.6) is 0 Å². The number of carboxylic acid groups (broad SMARTS) is 1. The van der Waals surface area contributed by atoms with Crippen LogP contribution in [0.3, 0.4) is 0 Å². The molecule has 0 unspecified atom stereocenters. The van der Waals surface area contributed by atoms with Crippen LogP contribution in [0.25, 0.3) is 11.0 Å². The second kappa shape index (κ2) is 5.58. The van der Waals surface area contributed by atoms with E-state index in [-0.39, 0.29) is 21.0 Å². The molecule has 0 aliphatic carbocycles. The highest BCUT2D eigenvalue weighted by molar-refractivity contribution is 7.89. The van der Waals surface area contributed by atoms with Crippen LogP contribution >= 0.6 is 11.6 Å². The predicted octanol–water partition coefficient (Wildman–Crippen LogP) is 1.36. The molecule has 21 heavy (non-hydrogen) atoms. The largest absolute Gasteiger partial charge is 0.480 e. The van der Waals surface area contributed by atoms with Crippen LogP contribution in [0.1, 0.15) is 13.8 Å². The number of halogens is 1. The standard InChI is InChI=1S/C11H12ClN3O5S/c1-6(2)15(5-9(16)17)21(18,19)8-4-3-7(12)10-11(8)14-20-13-10/h3-4,6H,5H2,1-2H3,(H,16,17). The van der Waals surface area contributed by atoms with Crippen molar-refractivity contribution in [2.45, 2.75) is 24.8 Å². The number of hydrogen-bond donors (Lipinski definition) is 1. The van der Waals surface area contributed by atoms with Gasteiger partial charge in [-0.15, -0.1) is 0 Å². The third kappa shape index (κ3) is 2.85. The van der Waals surface area contributed by atoms with Crippen molar-refractivity contribution >= 4 is 38.6 Å². The molecule has 1 heterocycles. The summed E-state index contributed by atoms with van der Waals surface area (Å²) in [6.07, 6.45) is 0. The van der Waals surface area contributed by atoms with Gasteiger partial charge in [-0.1, -0.05) is 11.6 Å². The quantitative estimate of drug-likeness (QED) is 0.878. The zero-order valence-electron chi connectivity index (χ0n) is 11.1. The predicted molar refractivity (Wildman–Crippen MR) is 73.5 cm³/mol. The lowest BCUT2D eigenvalue weighted by Gasteiger charge is -2.24. The van der Waals surface area contributed by atoms with E-state index in [9.17, 15) is 13.2 Å². The Labute approximate surface area is 125 Å². The Hall–Kier alpha value is -1.71. The zero-order chi connectivity index (χ0) is 15.8. The first kappa shape index (κ1) is 15.7. The van der Waals surface area contributed by atoms with E-state index in [0.29, 0.717) is 0 Å². The molecule has 1 aromatic heterocycles. The molecule has 1 N–H and O–H groups in total. The van der Waals surface area contributed by atoms with Crippen molar-refractivity contribution in [1.82, 2.24) is 14.6 Å². The minimum atomic E-state index is -4.08. The minimum absolute atomic E-state index is 0.0291. The molecule has 2 aromatic rings. The smallest absolute Gasteiger partial charge is 0.318 e. The molecule has 2 rings (SSSR count). The third-order valence-electron chi connectivity index (χ3n) is 2.78. The molecule has 1 aromatic carbocycles. The Morgan fingerprint density at radius 1 is 1.38 bits per heavy atom. The first-order chi connectivity index (χ1) is 9.75. The maximum absolute atomic E-state index is 12.6. The number of fused-ring (bicyclic) bond motifs is 1. The van der Waals surface area contributed by atoms with E-state index in [2.05, 4.69) is 14.9 Å². The topological polar surface area (TPSA) is 114 Å². The van der Waals surface area contributed by atoms with Crippen molar-refractivity contribution in [3.63, 3.8) is 0 Å². The summed E-state index contributed by atoms with van der Waals surface area (Å²) in [6.45, 7) is 2.50. The Balaban J connectivity index is 2.62. The normalized spacial score (nSPS) is 12.4. The molecule has 0 saturated heterocycles. The molecule has 10 heteroatoms. The highest BCUT2D eigenvalue weighted by Gasteiger charge is 2.32. The molecule has 8 nitrogen and oxygen atoms in total. The zero-order valence-corrected chi connectivity index (χ0v) is 12.7. The molecule has 0 aliphatic rings. The third-order valence-corrected chi connectivity index (χ3v) is 5.14. The lowest BCUT2D eigenvalue weighted by Crippen LogP contribution is -2.40. The van der Waals surface area contributed by atoms with Gasteiger partial charge in [0.2, 0.25) is 10.0 Å². The lowest BCUT2D eigenvalue weighted by atomic mass is 10.3. The van der Waals surface area contributed by atoms with Crippen LogP contribution in [0, 0.1) is 0 Å². The van der Waals surface area contributed by atoms with E-state index in [4.69, 9.17) is 16.7 Å². The van der Waals surface area contributed by atoms with Crippen molar-refractivity contribution in [2.24, 2.45) is 0 Å². The summed E-state index contributed by atoms with van der Waals surface area (Å²) in [4.78, 5) is 10.7. The molecule has 0 aliphatic heterocycles. The van der Waals surface area contributed by atoms with Crippen molar-refractivity contribution in [3.05, 3.63) is 17.2 Å². The van der Waals surface area contributed by atoms with Crippen molar-refractivity contribution in [3.8, 4) is 0 Å². The van der Waals surface area contributed by atoms with E-state index in [1.807, 2.05) is 0 Å². The van der Waals surface area contributed by atoms with E-state index in [0.717, 1.165) is 4.31 Å². The first-order valence-corrected chi connectivity index (χ1v) is 7.71. The summed E-state index contributed by atoms with van der Waals surface area (Å²) in [5, 5.41) is 16.2. The molecule has 0 atom stereocenters. The van der Waals surface area contributed by atoms with Crippen molar-refractivity contribution in [2.75, 3.05) is 6.54 Å². The van der Waals surface area contributed by atoms with Gasteiger partial charge in [0.15, 0.2) is 11.0 Å². The Morgan fingerprint density at radius 2 is 2.00 bits per heavy atom. The second-order valence-electron chi connectivity index (χ2n) is 4.54. The van der Waals surface area contributed by atoms with Gasteiger partial charge in [-0.05, 0) is 36.3 Å². The number of aromatic nitrogens is 2. The number of carbonyl (C=O) groups is 1. The second-order valence-corrected chi connectivity index (χ2v) is 6.81. The number of nitrogens with zero attached hydrogens (tertiary/aromatic N) is 3. The molecular weight excluding hydrogens is 322 g/mol. The summed E-state index contributed by atoms with van der Waals surface area (Å²) in [5.74, 6) is -1.25. The fraction of sp³-hybridized carbons (Fsp3) is 0.364. The first-order valence-electron chi connectivity index (χ1n) is 5.89. The van der Waals surface area contributed by atoms with Crippen LogP contribution in [-0.2, 0) is 14.8 Å². The number of benzene rings is 1. The van der Waals surface area contributed by atoms with Gasteiger partial charge < -0.3 is 5.11 Å². The fourth-order valence-corrected chi connectivity index (χ4v) is 3.72. The molecule has 0 fully saturated rings. The van der Waals surface area contributed by atoms with Gasteiger partial charge >= 0.3 is 5.97 Å². The van der Waals surface area contributed by atoms with Crippen LogP contribution in [0.15, 0.2) is 21.7 Å². The van der Waals surface area contributed by atoms with Crippen molar-refractivity contribution < 1.29 is 22.9 Å². The summed E-state index contributed by atoms with van der Waals surface area (Å²) in [6, 6.07) is 2.05. The van der Waals surface area contributed by atoms with Crippen LogP contribution in [-0.4, -0.2) is 46.7 Å². The molecule has 0 radical (unpaired) electrons. The van der Waals surface area contributed by atoms with Gasteiger partial charge in [0.25, 0.3) is 0 Å². The molecule has 114 valence electrons. The summed E-state index contributed by atoms with van der Waals surface area (Å²) >= 11 is 5.88. The molecule has 0 bridgehead atoms. The monoisotopic (exact) mass is 333 g/mol. The highest BCUT2D eigenvalue weighted by Crippen LogP contribution is 2.29. The van der Waals surface area contributed by atoms with E-state index >= 15 is 0 Å². The summed E-state index contributed by atoms with van der Waals surface area (Å²) in [7, 11) is -4.08. The van der Waals surface area contributed by atoms with Crippen LogP contribution in [0.4, 0.5) is 0 Å². The molecule has 0 amide bonds. The Kier molecular flexibility index (Phi) is 4.17. The maximum atomic E-state index is 12.6. The van der Waals surface area contributed by atoms with Gasteiger partial charge in [-0.2, -0.15) is 4.31 Å². The van der Waals surface area contributed by atoms with Gasteiger partial charge in [-0.3, -0.25) is 4.79 Å². The maximum Gasteiger partial charge on any atom is 0.318 e.